The molecule has 2 heteroatoms. The predicted molar refractivity (Wildman–Crippen MR) is 130 cm³/mol. The first-order valence-electron chi connectivity index (χ1n) is 13.2. The van der Waals surface area contributed by atoms with Crippen LogP contribution in [0.2, 0.25) is 0 Å². The summed E-state index contributed by atoms with van der Waals surface area (Å²) in [4.78, 5) is 11.8. The fourth-order valence-electron chi connectivity index (χ4n) is 3.75. The molecule has 1 amide bonds. The number of carbonyl (C=O) groups excluding carboxylic acids is 1. The molecule has 0 radical (unpaired) electrons. The Bertz CT molecular complexity index is 350. The van der Waals surface area contributed by atoms with Gasteiger partial charge in [0, 0.05) is 13.0 Å². The second kappa shape index (κ2) is 25.2. The van der Waals surface area contributed by atoms with Crippen LogP contribution in [-0.4, -0.2) is 12.5 Å². The van der Waals surface area contributed by atoms with Crippen LogP contribution in [0.4, 0.5) is 0 Å². The fraction of sp³-hybridized carbons (Fsp3) is 0.889. The molecule has 0 aromatic carbocycles. The number of carbonyl (C=O) groups is 1. The van der Waals surface area contributed by atoms with E-state index in [4.69, 9.17) is 0 Å². The van der Waals surface area contributed by atoms with Crippen molar-refractivity contribution in [3.63, 3.8) is 0 Å². The normalized spacial score (nSPS) is 11.4. The van der Waals surface area contributed by atoms with Crippen LogP contribution >= 0.6 is 0 Å². The molecule has 0 aliphatic carbocycles. The molecule has 0 atom stereocenters. The average molecular weight is 408 g/mol. The molecule has 0 heterocycles. The summed E-state index contributed by atoms with van der Waals surface area (Å²) in [6.07, 6.45) is 31.6. The van der Waals surface area contributed by atoms with E-state index < -0.39 is 0 Å². The Morgan fingerprint density at radius 3 is 1.48 bits per heavy atom. The van der Waals surface area contributed by atoms with Crippen molar-refractivity contribution in [1.29, 1.82) is 0 Å². The van der Waals surface area contributed by atoms with Crippen molar-refractivity contribution in [3.8, 4) is 0 Å². The highest BCUT2D eigenvalue weighted by Gasteiger charge is 2.00. The van der Waals surface area contributed by atoms with Gasteiger partial charge < -0.3 is 5.32 Å². The van der Waals surface area contributed by atoms with Gasteiger partial charge in [-0.25, -0.2) is 0 Å². The van der Waals surface area contributed by atoms with Crippen LogP contribution in [0.15, 0.2) is 12.2 Å². The number of hydrogen-bond donors (Lipinski definition) is 1. The zero-order chi connectivity index (χ0) is 21.3. The Morgan fingerprint density at radius 2 is 0.966 bits per heavy atom. The van der Waals surface area contributed by atoms with E-state index in [1.165, 1.54) is 116 Å². The van der Waals surface area contributed by atoms with E-state index in [0.29, 0.717) is 6.42 Å². The first-order chi connectivity index (χ1) is 14.3. The highest BCUT2D eigenvalue weighted by atomic mass is 16.1. The highest BCUT2D eigenvalue weighted by molar-refractivity contribution is 5.75. The van der Waals surface area contributed by atoms with Crippen molar-refractivity contribution >= 4 is 5.91 Å². The average Bonchev–Trinajstić information content (AvgIpc) is 2.72. The molecule has 0 spiro atoms. The quantitative estimate of drug-likeness (QED) is 0.133. The van der Waals surface area contributed by atoms with E-state index in [0.717, 1.165) is 19.4 Å². The first kappa shape index (κ1) is 28.2. The summed E-state index contributed by atoms with van der Waals surface area (Å²) in [6.45, 7) is 5.40. The summed E-state index contributed by atoms with van der Waals surface area (Å²) in [5.41, 5.74) is 0. The maximum absolute atomic E-state index is 11.8. The lowest BCUT2D eigenvalue weighted by atomic mass is 10.1. The third-order valence-electron chi connectivity index (χ3n) is 5.77. The minimum Gasteiger partial charge on any atom is -0.356 e. The maximum atomic E-state index is 11.8. The van der Waals surface area contributed by atoms with Gasteiger partial charge in [-0.15, -0.1) is 0 Å². The van der Waals surface area contributed by atoms with Crippen LogP contribution in [0.1, 0.15) is 149 Å². The lowest BCUT2D eigenvalue weighted by Gasteiger charge is -2.05. The van der Waals surface area contributed by atoms with Gasteiger partial charge in [0.1, 0.15) is 0 Å². The Balaban J connectivity index is 3.19. The van der Waals surface area contributed by atoms with Crippen LogP contribution in [-0.2, 0) is 4.79 Å². The minimum absolute atomic E-state index is 0.258. The van der Waals surface area contributed by atoms with Gasteiger partial charge in [-0.2, -0.15) is 0 Å². The van der Waals surface area contributed by atoms with Crippen molar-refractivity contribution < 1.29 is 4.79 Å². The second-order valence-electron chi connectivity index (χ2n) is 8.81. The number of hydrogen-bond acceptors (Lipinski definition) is 1. The number of allylic oxidation sites excluding steroid dienone is 2. The molecule has 0 bridgehead atoms. The van der Waals surface area contributed by atoms with E-state index in [9.17, 15) is 4.79 Å². The molecule has 172 valence electrons. The third kappa shape index (κ3) is 25.2. The Hall–Kier alpha value is -0.790. The summed E-state index contributed by atoms with van der Waals surface area (Å²) in [5, 5.41) is 3.09. The second-order valence-corrected chi connectivity index (χ2v) is 8.81. The fourth-order valence-corrected chi connectivity index (χ4v) is 3.75. The molecular weight excluding hydrogens is 354 g/mol. The monoisotopic (exact) mass is 407 g/mol. The SMILES string of the molecule is CCCCCCCC/C=C\CCCCCCCC(=O)NCCCCCCCCC. The van der Waals surface area contributed by atoms with Gasteiger partial charge in [-0.05, 0) is 38.5 Å². The minimum atomic E-state index is 0.258. The Labute approximate surface area is 183 Å². The topological polar surface area (TPSA) is 29.1 Å². The van der Waals surface area contributed by atoms with Crippen LogP contribution in [0, 0.1) is 0 Å². The highest BCUT2D eigenvalue weighted by Crippen LogP contribution is 2.10. The van der Waals surface area contributed by atoms with E-state index in [1.54, 1.807) is 0 Å². The van der Waals surface area contributed by atoms with Gasteiger partial charge in [0.25, 0.3) is 0 Å². The lowest BCUT2D eigenvalue weighted by molar-refractivity contribution is -0.121. The zero-order valence-electron chi connectivity index (χ0n) is 20.1. The third-order valence-corrected chi connectivity index (χ3v) is 5.77. The Morgan fingerprint density at radius 1 is 0.552 bits per heavy atom. The van der Waals surface area contributed by atoms with Crippen LogP contribution in [0.3, 0.4) is 0 Å². The van der Waals surface area contributed by atoms with E-state index in [-0.39, 0.29) is 5.91 Å². The van der Waals surface area contributed by atoms with E-state index >= 15 is 0 Å². The van der Waals surface area contributed by atoms with Crippen molar-refractivity contribution in [3.05, 3.63) is 12.2 Å². The molecule has 0 saturated heterocycles. The van der Waals surface area contributed by atoms with Crippen LogP contribution in [0.5, 0.6) is 0 Å². The number of rotatable bonds is 23. The molecule has 0 aromatic heterocycles. The predicted octanol–water partition coefficient (Wildman–Crippen LogP) is 8.89. The van der Waals surface area contributed by atoms with Crippen molar-refractivity contribution in [2.45, 2.75) is 149 Å². The summed E-state index contributed by atoms with van der Waals surface area (Å²) in [5.74, 6) is 0.258. The van der Waals surface area contributed by atoms with Gasteiger partial charge in [0.15, 0.2) is 0 Å². The molecule has 1 N–H and O–H groups in total. The van der Waals surface area contributed by atoms with Gasteiger partial charge in [-0.1, -0.05) is 116 Å². The molecule has 0 aromatic rings. The molecule has 0 aliphatic rings. The number of nitrogens with one attached hydrogen (secondary N) is 1. The molecule has 0 fully saturated rings. The van der Waals surface area contributed by atoms with Gasteiger partial charge in [0.2, 0.25) is 5.91 Å². The standard InChI is InChI=1S/C27H53NO/c1-3-5-7-9-11-12-13-14-15-16-17-18-19-21-23-25-27(29)28-26-24-22-20-10-8-6-4-2/h14-15H,3-13,16-26H2,1-2H3,(H,28,29)/b15-14-. The molecule has 0 unspecified atom stereocenters. The van der Waals surface area contributed by atoms with Crippen LogP contribution < -0.4 is 5.32 Å². The van der Waals surface area contributed by atoms with Gasteiger partial charge in [0.05, 0.1) is 0 Å². The molecule has 2 nitrogen and oxygen atoms in total. The molecule has 0 rings (SSSR count). The first-order valence-corrected chi connectivity index (χ1v) is 13.2. The van der Waals surface area contributed by atoms with Crippen molar-refractivity contribution in [1.82, 2.24) is 5.32 Å². The van der Waals surface area contributed by atoms with Crippen molar-refractivity contribution in [2.75, 3.05) is 6.54 Å². The van der Waals surface area contributed by atoms with E-state index in [2.05, 4.69) is 31.3 Å². The maximum Gasteiger partial charge on any atom is 0.219 e. The van der Waals surface area contributed by atoms with Gasteiger partial charge in [-0.3, -0.25) is 4.79 Å². The molecule has 29 heavy (non-hydrogen) atoms. The smallest absolute Gasteiger partial charge is 0.219 e. The lowest BCUT2D eigenvalue weighted by Crippen LogP contribution is -2.23. The zero-order valence-corrected chi connectivity index (χ0v) is 20.1. The Kier molecular flexibility index (Phi) is 24.6. The van der Waals surface area contributed by atoms with Crippen molar-refractivity contribution in [2.24, 2.45) is 0 Å². The summed E-state index contributed by atoms with van der Waals surface area (Å²) in [6, 6.07) is 0. The van der Waals surface area contributed by atoms with Gasteiger partial charge >= 0.3 is 0 Å². The summed E-state index contributed by atoms with van der Waals surface area (Å²) < 4.78 is 0. The molecule has 0 aliphatic heterocycles. The molecule has 0 saturated carbocycles. The van der Waals surface area contributed by atoms with Crippen LogP contribution in [0.25, 0.3) is 0 Å². The number of amides is 1. The summed E-state index contributed by atoms with van der Waals surface area (Å²) >= 11 is 0. The summed E-state index contributed by atoms with van der Waals surface area (Å²) in [7, 11) is 0. The number of unbranched alkanes of at least 4 members (excludes halogenated alkanes) is 17. The molecular formula is C27H53NO. The largest absolute Gasteiger partial charge is 0.356 e. The van der Waals surface area contributed by atoms with E-state index in [1.807, 2.05) is 0 Å².